The second kappa shape index (κ2) is 10.3. The van der Waals surface area contributed by atoms with E-state index in [0.29, 0.717) is 29.5 Å². The minimum Gasteiger partial charge on any atom is -0.496 e. The number of hydrogen-bond acceptors (Lipinski definition) is 5. The van der Waals surface area contributed by atoms with Crippen LogP contribution in [0.25, 0.3) is 5.57 Å². The molecule has 1 aromatic carbocycles. The highest BCUT2D eigenvalue weighted by Crippen LogP contribution is 2.42. The van der Waals surface area contributed by atoms with Crippen LogP contribution in [0, 0.1) is 19.3 Å². The van der Waals surface area contributed by atoms with E-state index in [9.17, 15) is 4.79 Å². The first kappa shape index (κ1) is 23.8. The lowest BCUT2D eigenvalue weighted by Gasteiger charge is -2.12. The van der Waals surface area contributed by atoms with Crippen LogP contribution < -0.4 is 15.8 Å². The number of benzene rings is 1. The maximum absolute atomic E-state index is 12.6. The zero-order valence-corrected chi connectivity index (χ0v) is 20.0. The second-order valence-electron chi connectivity index (χ2n) is 8.87. The molecule has 2 unspecified atom stereocenters. The molecule has 1 amide bonds. The van der Waals surface area contributed by atoms with Crippen molar-refractivity contribution in [3.05, 3.63) is 64.5 Å². The Bertz CT molecular complexity index is 1170. The van der Waals surface area contributed by atoms with Gasteiger partial charge >= 0.3 is 0 Å². The summed E-state index contributed by atoms with van der Waals surface area (Å²) >= 11 is 0. The number of hydrogen-bond donors (Lipinski definition) is 2. The molecule has 2 aromatic rings. The van der Waals surface area contributed by atoms with Crippen LogP contribution in [0.1, 0.15) is 72.1 Å². The SMILES string of the molecule is C#C/C(=C\C=C(/C)CNC(=O)c1ccccc1OC)c1nn(C2CCCC2)c(C)c1C1OC1N. The van der Waals surface area contributed by atoms with Gasteiger partial charge in [0.15, 0.2) is 0 Å². The number of nitrogens with one attached hydrogen (secondary N) is 1. The normalized spacial score (nSPS) is 20.8. The van der Waals surface area contributed by atoms with Crippen LogP contribution in [0.2, 0.25) is 0 Å². The summed E-state index contributed by atoms with van der Waals surface area (Å²) in [4.78, 5) is 12.6. The molecule has 34 heavy (non-hydrogen) atoms. The molecule has 2 atom stereocenters. The van der Waals surface area contributed by atoms with Crippen LogP contribution in [-0.4, -0.2) is 35.6 Å². The summed E-state index contributed by atoms with van der Waals surface area (Å²) in [6.07, 6.45) is 13.9. The molecular formula is C27H32N4O3. The molecule has 1 aliphatic carbocycles. The van der Waals surface area contributed by atoms with E-state index >= 15 is 0 Å². The van der Waals surface area contributed by atoms with Crippen LogP contribution in [0.4, 0.5) is 0 Å². The monoisotopic (exact) mass is 460 g/mol. The number of para-hydroxylation sites is 1. The fourth-order valence-electron chi connectivity index (χ4n) is 4.56. The summed E-state index contributed by atoms with van der Waals surface area (Å²) < 4.78 is 13.0. The summed E-state index contributed by atoms with van der Waals surface area (Å²) in [5.41, 5.74) is 10.9. The average molecular weight is 461 g/mol. The van der Waals surface area contributed by atoms with Gasteiger partial charge in [-0.25, -0.2) is 0 Å². The summed E-state index contributed by atoms with van der Waals surface area (Å²) in [5.74, 6) is 3.13. The standard InChI is InChI=1S/C27H32N4O3/c1-5-19(15-14-17(2)16-29-27(32)21-12-8-9-13-22(21)33-4)24-23(25-26(28)34-25)18(3)31(30-24)20-10-6-7-11-20/h1,8-9,12-15,20,25-26H,6-7,10-11,16,28H2,2-4H3,(H,29,32)/b17-14+,19-15+. The van der Waals surface area contributed by atoms with Crippen molar-refractivity contribution in [2.24, 2.45) is 5.73 Å². The number of carbonyl (C=O) groups is 1. The van der Waals surface area contributed by atoms with Crippen LogP contribution in [0.15, 0.2) is 42.0 Å². The Morgan fingerprint density at radius 2 is 2.06 bits per heavy atom. The number of methoxy groups -OCH3 is 1. The molecule has 0 bridgehead atoms. The van der Waals surface area contributed by atoms with Gasteiger partial charge in [-0.15, -0.1) is 6.42 Å². The Kier molecular flexibility index (Phi) is 7.20. The van der Waals surface area contributed by atoms with E-state index in [4.69, 9.17) is 26.7 Å². The van der Waals surface area contributed by atoms with Gasteiger partial charge < -0.3 is 20.5 Å². The number of epoxide rings is 1. The van der Waals surface area contributed by atoms with Crippen molar-refractivity contribution in [3.63, 3.8) is 0 Å². The molecule has 3 N–H and O–H groups in total. The van der Waals surface area contributed by atoms with Crippen molar-refractivity contribution < 1.29 is 14.3 Å². The number of allylic oxidation sites excluding steroid dienone is 3. The number of amides is 1. The van der Waals surface area contributed by atoms with Crippen LogP contribution in [0.5, 0.6) is 5.75 Å². The molecule has 1 saturated heterocycles. The van der Waals surface area contributed by atoms with Crippen LogP contribution in [-0.2, 0) is 4.74 Å². The summed E-state index contributed by atoms with van der Waals surface area (Å²) in [6.45, 7) is 4.39. The fraction of sp³-hybridized carbons (Fsp3) is 0.407. The smallest absolute Gasteiger partial charge is 0.255 e. The Labute approximate surface area is 201 Å². The summed E-state index contributed by atoms with van der Waals surface area (Å²) in [6, 6.07) is 7.53. The van der Waals surface area contributed by atoms with Gasteiger partial charge in [-0.3, -0.25) is 9.48 Å². The fourth-order valence-corrected chi connectivity index (χ4v) is 4.56. The third kappa shape index (κ3) is 4.93. The lowest BCUT2D eigenvalue weighted by molar-refractivity contribution is 0.0954. The van der Waals surface area contributed by atoms with Crippen molar-refractivity contribution in [3.8, 4) is 18.1 Å². The van der Waals surface area contributed by atoms with Crippen molar-refractivity contribution in [2.75, 3.05) is 13.7 Å². The Balaban J connectivity index is 1.53. The maximum atomic E-state index is 12.6. The summed E-state index contributed by atoms with van der Waals surface area (Å²) in [7, 11) is 1.55. The molecule has 2 heterocycles. The molecule has 0 spiro atoms. The largest absolute Gasteiger partial charge is 0.496 e. The number of nitrogens with two attached hydrogens (primary N) is 1. The number of terminal acetylenes is 1. The van der Waals surface area contributed by atoms with Crippen LogP contribution in [0.3, 0.4) is 0 Å². The maximum Gasteiger partial charge on any atom is 0.255 e. The number of ether oxygens (including phenoxy) is 2. The van der Waals surface area contributed by atoms with Gasteiger partial charge in [0.25, 0.3) is 5.91 Å². The average Bonchev–Trinajstić information content (AvgIpc) is 3.21. The molecule has 2 fully saturated rings. The quantitative estimate of drug-likeness (QED) is 0.352. The molecule has 1 aromatic heterocycles. The number of carbonyl (C=O) groups excluding carboxylic acids is 1. The van der Waals surface area contributed by atoms with Crippen molar-refractivity contribution >= 4 is 11.5 Å². The minimum absolute atomic E-state index is 0.174. The van der Waals surface area contributed by atoms with Crippen molar-refractivity contribution in [2.45, 2.75) is 57.9 Å². The highest BCUT2D eigenvalue weighted by molar-refractivity contribution is 5.97. The minimum atomic E-state index is -0.319. The zero-order chi connectivity index (χ0) is 24.2. The predicted molar refractivity (Wildman–Crippen MR) is 132 cm³/mol. The lowest BCUT2D eigenvalue weighted by Crippen LogP contribution is -2.25. The molecular weight excluding hydrogens is 428 g/mol. The van der Waals surface area contributed by atoms with E-state index in [-0.39, 0.29) is 18.2 Å². The first-order valence-electron chi connectivity index (χ1n) is 11.7. The predicted octanol–water partition coefficient (Wildman–Crippen LogP) is 4.06. The number of nitrogens with zero attached hydrogens (tertiary/aromatic N) is 2. The van der Waals surface area contributed by atoms with E-state index in [1.807, 2.05) is 31.2 Å². The topological polar surface area (TPSA) is 94.7 Å². The third-order valence-corrected chi connectivity index (χ3v) is 6.50. The van der Waals surface area contributed by atoms with E-state index in [1.165, 1.54) is 12.8 Å². The van der Waals surface area contributed by atoms with E-state index in [2.05, 4.69) is 22.8 Å². The molecule has 7 heteroatoms. The van der Waals surface area contributed by atoms with E-state index < -0.39 is 0 Å². The molecule has 4 rings (SSSR count). The molecule has 0 radical (unpaired) electrons. The molecule has 1 saturated carbocycles. The zero-order valence-electron chi connectivity index (χ0n) is 20.0. The Hall–Kier alpha value is -3.34. The Morgan fingerprint density at radius 3 is 2.71 bits per heavy atom. The third-order valence-electron chi connectivity index (χ3n) is 6.50. The van der Waals surface area contributed by atoms with Gasteiger partial charge in [0.05, 0.1) is 24.3 Å². The number of rotatable bonds is 8. The first-order chi connectivity index (χ1) is 16.4. The molecule has 2 aliphatic rings. The van der Waals surface area contributed by atoms with Crippen molar-refractivity contribution in [1.29, 1.82) is 0 Å². The number of aromatic nitrogens is 2. The van der Waals surface area contributed by atoms with Gasteiger partial charge in [0.1, 0.15) is 23.8 Å². The van der Waals surface area contributed by atoms with Gasteiger partial charge in [0, 0.05) is 17.8 Å². The molecule has 7 nitrogen and oxygen atoms in total. The Morgan fingerprint density at radius 1 is 1.35 bits per heavy atom. The van der Waals surface area contributed by atoms with Crippen molar-refractivity contribution in [1.82, 2.24) is 15.1 Å². The van der Waals surface area contributed by atoms with Gasteiger partial charge in [0.2, 0.25) is 0 Å². The second-order valence-corrected chi connectivity index (χ2v) is 8.87. The highest BCUT2D eigenvalue weighted by atomic mass is 16.6. The summed E-state index contributed by atoms with van der Waals surface area (Å²) in [5, 5.41) is 7.85. The van der Waals surface area contributed by atoms with Gasteiger partial charge in [-0.2, -0.15) is 5.10 Å². The van der Waals surface area contributed by atoms with Gasteiger partial charge in [-0.1, -0.05) is 42.5 Å². The van der Waals surface area contributed by atoms with Gasteiger partial charge in [-0.05, 0) is 44.9 Å². The first-order valence-corrected chi connectivity index (χ1v) is 11.7. The lowest BCUT2D eigenvalue weighted by atomic mass is 10.0. The molecule has 178 valence electrons. The van der Waals surface area contributed by atoms with E-state index in [0.717, 1.165) is 35.4 Å². The van der Waals surface area contributed by atoms with Crippen LogP contribution >= 0.6 is 0 Å². The molecule has 1 aliphatic heterocycles. The highest BCUT2D eigenvalue weighted by Gasteiger charge is 2.42. The van der Waals surface area contributed by atoms with E-state index in [1.54, 1.807) is 19.2 Å².